The molecule has 0 spiro atoms. The number of likely N-dealkylation sites (N-methyl/N-ethyl adjacent to an activating group) is 1. The Morgan fingerprint density at radius 1 is 1.42 bits per heavy atom. The minimum Gasteiger partial charge on any atom is -0.361 e. The van der Waals surface area contributed by atoms with Crippen molar-refractivity contribution in [3.63, 3.8) is 0 Å². The molecule has 0 heterocycles. The van der Waals surface area contributed by atoms with Gasteiger partial charge < -0.3 is 9.80 Å². The number of carbonyl (C=O) groups excluding carboxylic acids is 1. The summed E-state index contributed by atoms with van der Waals surface area (Å²) in [6, 6.07) is 7.66. The molecule has 0 saturated carbocycles. The summed E-state index contributed by atoms with van der Waals surface area (Å²) in [5, 5.41) is 9.18. The fourth-order valence-electron chi connectivity index (χ4n) is 1.72. The summed E-state index contributed by atoms with van der Waals surface area (Å²) in [6.45, 7) is 3.08. The van der Waals surface area contributed by atoms with Gasteiger partial charge in [0.2, 0.25) is 5.91 Å². The maximum Gasteiger partial charge on any atom is 0.241 e. The summed E-state index contributed by atoms with van der Waals surface area (Å²) in [6.07, 6.45) is 0.915. The van der Waals surface area contributed by atoms with E-state index in [2.05, 4.69) is 28.9 Å². The van der Waals surface area contributed by atoms with Gasteiger partial charge >= 0.3 is 0 Å². The third-order valence-electron chi connectivity index (χ3n) is 2.74. The minimum absolute atomic E-state index is 0.0253. The molecule has 0 aliphatic rings. The molecule has 19 heavy (non-hydrogen) atoms. The Balaban J connectivity index is 3.08. The van der Waals surface area contributed by atoms with E-state index in [1.165, 1.54) is 0 Å². The molecular weight excluding hydrogens is 306 g/mol. The topological polar surface area (TPSA) is 47.3 Å². The fraction of sp³-hybridized carbons (Fsp3) is 0.429. The average Bonchev–Trinajstić information content (AvgIpc) is 2.37. The highest BCUT2D eigenvalue weighted by Gasteiger charge is 2.15. The van der Waals surface area contributed by atoms with Crippen LogP contribution in [0.5, 0.6) is 0 Å². The molecule has 4 nitrogen and oxygen atoms in total. The second kappa shape index (κ2) is 7.15. The zero-order chi connectivity index (χ0) is 14.4. The number of rotatable bonds is 5. The van der Waals surface area contributed by atoms with Crippen LogP contribution in [-0.4, -0.2) is 38.0 Å². The molecule has 1 aromatic carbocycles. The molecule has 1 amide bonds. The van der Waals surface area contributed by atoms with Crippen LogP contribution in [0.15, 0.2) is 22.7 Å². The third kappa shape index (κ3) is 4.25. The van der Waals surface area contributed by atoms with Crippen LogP contribution in [0.1, 0.15) is 18.9 Å². The van der Waals surface area contributed by atoms with E-state index in [0.29, 0.717) is 5.56 Å². The van der Waals surface area contributed by atoms with Gasteiger partial charge in [-0.3, -0.25) is 4.79 Å². The van der Waals surface area contributed by atoms with Gasteiger partial charge in [0.15, 0.2) is 0 Å². The normalized spacial score (nSPS) is 9.84. The first-order valence-electron chi connectivity index (χ1n) is 6.14. The van der Waals surface area contributed by atoms with Crippen molar-refractivity contribution in [3.8, 4) is 6.07 Å². The Labute approximate surface area is 122 Å². The van der Waals surface area contributed by atoms with E-state index in [1.54, 1.807) is 25.1 Å². The molecular formula is C14H18BrN3O. The third-order valence-corrected chi connectivity index (χ3v) is 3.23. The lowest BCUT2D eigenvalue weighted by molar-refractivity contribution is -0.127. The highest BCUT2D eigenvalue weighted by molar-refractivity contribution is 9.10. The Bertz CT molecular complexity index is 494. The van der Waals surface area contributed by atoms with Gasteiger partial charge in [-0.15, -0.1) is 0 Å². The zero-order valence-corrected chi connectivity index (χ0v) is 13.1. The molecule has 0 bridgehead atoms. The van der Waals surface area contributed by atoms with E-state index in [-0.39, 0.29) is 12.5 Å². The summed E-state index contributed by atoms with van der Waals surface area (Å²) < 4.78 is 0.903. The molecule has 0 fully saturated rings. The van der Waals surface area contributed by atoms with E-state index >= 15 is 0 Å². The van der Waals surface area contributed by atoms with Crippen molar-refractivity contribution in [2.45, 2.75) is 13.3 Å². The van der Waals surface area contributed by atoms with Crippen LogP contribution in [0, 0.1) is 11.3 Å². The number of nitriles is 1. The second-order valence-corrected chi connectivity index (χ2v) is 5.40. The summed E-state index contributed by atoms with van der Waals surface area (Å²) in [7, 11) is 3.47. The first-order chi connectivity index (χ1) is 8.99. The van der Waals surface area contributed by atoms with Gasteiger partial charge in [0.1, 0.15) is 6.07 Å². The quantitative estimate of drug-likeness (QED) is 0.836. The number of anilines is 1. The number of benzene rings is 1. The van der Waals surface area contributed by atoms with E-state index in [1.807, 2.05) is 17.0 Å². The predicted octanol–water partition coefficient (Wildman–Crippen LogP) is 2.63. The van der Waals surface area contributed by atoms with E-state index in [0.717, 1.165) is 23.1 Å². The van der Waals surface area contributed by atoms with Crippen molar-refractivity contribution >= 4 is 27.5 Å². The lowest BCUT2D eigenvalue weighted by Crippen LogP contribution is -2.37. The predicted molar refractivity (Wildman–Crippen MR) is 80.1 cm³/mol. The summed E-state index contributed by atoms with van der Waals surface area (Å²) in [5.41, 5.74) is 1.39. The van der Waals surface area contributed by atoms with Gasteiger partial charge in [-0.1, -0.05) is 22.9 Å². The van der Waals surface area contributed by atoms with Crippen molar-refractivity contribution in [1.29, 1.82) is 5.26 Å². The molecule has 0 atom stereocenters. The van der Waals surface area contributed by atoms with Crippen molar-refractivity contribution in [2.24, 2.45) is 0 Å². The largest absolute Gasteiger partial charge is 0.361 e. The smallest absolute Gasteiger partial charge is 0.241 e. The van der Waals surface area contributed by atoms with E-state index < -0.39 is 0 Å². The Morgan fingerprint density at radius 3 is 2.63 bits per heavy atom. The Morgan fingerprint density at radius 2 is 2.11 bits per heavy atom. The van der Waals surface area contributed by atoms with Crippen molar-refractivity contribution in [2.75, 3.05) is 32.1 Å². The van der Waals surface area contributed by atoms with Gasteiger partial charge in [-0.05, 0) is 24.6 Å². The van der Waals surface area contributed by atoms with Gasteiger partial charge in [0, 0.05) is 25.1 Å². The number of hydrogen-bond acceptors (Lipinski definition) is 3. The highest BCUT2D eigenvalue weighted by atomic mass is 79.9. The number of halogens is 1. The minimum atomic E-state index is 0.0253. The standard InChI is InChI=1S/C14H18BrN3O/c1-4-7-18(10-14(19)17(2)3)13-8-12(15)6-5-11(13)9-16/h5-6,8H,4,7,10H2,1-3H3. The molecule has 5 heteroatoms. The first-order valence-corrected chi connectivity index (χ1v) is 6.93. The maximum atomic E-state index is 11.9. The van der Waals surface area contributed by atoms with Crippen molar-refractivity contribution < 1.29 is 4.79 Å². The Kier molecular flexibility index (Phi) is 5.84. The molecule has 0 aliphatic heterocycles. The number of amides is 1. The molecule has 0 unspecified atom stereocenters. The molecule has 0 saturated heterocycles. The number of nitrogens with zero attached hydrogens (tertiary/aromatic N) is 3. The lowest BCUT2D eigenvalue weighted by Gasteiger charge is -2.26. The molecule has 0 aromatic heterocycles. The van der Waals surface area contributed by atoms with Crippen LogP contribution in [0.3, 0.4) is 0 Å². The molecule has 0 radical (unpaired) electrons. The van der Waals surface area contributed by atoms with Gasteiger partial charge in [0.05, 0.1) is 17.8 Å². The average molecular weight is 324 g/mol. The number of hydrogen-bond donors (Lipinski definition) is 0. The van der Waals surface area contributed by atoms with Gasteiger partial charge in [0.25, 0.3) is 0 Å². The van der Waals surface area contributed by atoms with Gasteiger partial charge in [-0.25, -0.2) is 0 Å². The van der Waals surface area contributed by atoms with E-state index in [4.69, 9.17) is 0 Å². The maximum absolute atomic E-state index is 11.9. The van der Waals surface area contributed by atoms with Crippen LogP contribution in [0.4, 0.5) is 5.69 Å². The monoisotopic (exact) mass is 323 g/mol. The molecule has 1 aromatic rings. The summed E-state index contributed by atoms with van der Waals surface area (Å²) in [5.74, 6) is 0.0253. The fourth-order valence-corrected chi connectivity index (χ4v) is 2.07. The van der Waals surface area contributed by atoms with Crippen molar-refractivity contribution in [1.82, 2.24) is 4.90 Å². The molecule has 1 rings (SSSR count). The van der Waals surface area contributed by atoms with Gasteiger partial charge in [-0.2, -0.15) is 5.26 Å². The highest BCUT2D eigenvalue weighted by Crippen LogP contribution is 2.25. The first kappa shape index (κ1) is 15.5. The zero-order valence-electron chi connectivity index (χ0n) is 11.5. The lowest BCUT2D eigenvalue weighted by atomic mass is 10.1. The molecule has 0 N–H and O–H groups in total. The molecule has 0 aliphatic carbocycles. The number of carbonyl (C=O) groups is 1. The molecule has 102 valence electrons. The Hall–Kier alpha value is -1.54. The van der Waals surface area contributed by atoms with Crippen LogP contribution in [0.2, 0.25) is 0 Å². The van der Waals surface area contributed by atoms with Crippen LogP contribution < -0.4 is 4.90 Å². The second-order valence-electron chi connectivity index (χ2n) is 4.48. The SMILES string of the molecule is CCCN(CC(=O)N(C)C)c1cc(Br)ccc1C#N. The van der Waals surface area contributed by atoms with Crippen LogP contribution in [0.25, 0.3) is 0 Å². The van der Waals surface area contributed by atoms with Crippen LogP contribution >= 0.6 is 15.9 Å². The van der Waals surface area contributed by atoms with Crippen molar-refractivity contribution in [3.05, 3.63) is 28.2 Å². The van der Waals surface area contributed by atoms with E-state index in [9.17, 15) is 10.1 Å². The van der Waals surface area contributed by atoms with Crippen LogP contribution in [-0.2, 0) is 4.79 Å². The summed E-state index contributed by atoms with van der Waals surface area (Å²) >= 11 is 3.41. The summed E-state index contributed by atoms with van der Waals surface area (Å²) in [4.78, 5) is 15.4.